The monoisotopic (exact) mass is 381 g/mol. The molecule has 1 atom stereocenters. The average molecular weight is 382 g/mol. The number of nitrogens with one attached hydrogen (secondary N) is 3. The van der Waals surface area contributed by atoms with E-state index < -0.39 is 5.79 Å². The van der Waals surface area contributed by atoms with E-state index in [2.05, 4.69) is 58.1 Å². The normalized spacial score (nSPS) is 26.3. The van der Waals surface area contributed by atoms with Gasteiger partial charge in [0.1, 0.15) is 11.7 Å². The van der Waals surface area contributed by atoms with Crippen LogP contribution in [0.25, 0.3) is 0 Å². The van der Waals surface area contributed by atoms with Gasteiger partial charge in [0, 0.05) is 30.8 Å². The minimum absolute atomic E-state index is 0.422. The predicted molar refractivity (Wildman–Crippen MR) is 117 cm³/mol. The number of piperidine rings is 1. The van der Waals surface area contributed by atoms with E-state index in [1.165, 1.54) is 56.9 Å². The van der Waals surface area contributed by atoms with Crippen molar-refractivity contribution in [1.82, 2.24) is 15.5 Å². The van der Waals surface area contributed by atoms with Crippen LogP contribution >= 0.6 is 0 Å². The van der Waals surface area contributed by atoms with Gasteiger partial charge in [-0.1, -0.05) is 37.0 Å². The molecule has 0 spiro atoms. The van der Waals surface area contributed by atoms with Gasteiger partial charge in [0.2, 0.25) is 0 Å². The Kier molecular flexibility index (Phi) is 5.90. The molecule has 5 heteroatoms. The number of aryl methyl sites for hydroxylation is 1. The van der Waals surface area contributed by atoms with Gasteiger partial charge in [-0.05, 0) is 58.2 Å². The smallest absolute Gasteiger partial charge is 0.190 e. The number of amidine groups is 1. The zero-order valence-corrected chi connectivity index (χ0v) is 17.4. The van der Waals surface area contributed by atoms with Crippen LogP contribution in [0.1, 0.15) is 56.9 Å². The van der Waals surface area contributed by atoms with Crippen LogP contribution < -0.4 is 16.0 Å². The zero-order valence-electron chi connectivity index (χ0n) is 17.4. The summed E-state index contributed by atoms with van der Waals surface area (Å²) in [6.07, 6.45) is 12.5. The molecule has 2 heterocycles. The first-order valence-corrected chi connectivity index (χ1v) is 11.1. The summed E-state index contributed by atoms with van der Waals surface area (Å²) in [5.74, 6) is 2.25. The summed E-state index contributed by atoms with van der Waals surface area (Å²) >= 11 is 0. The molecular formula is C23H35N5. The molecule has 2 fully saturated rings. The second-order valence-electron chi connectivity index (χ2n) is 8.54. The summed E-state index contributed by atoms with van der Waals surface area (Å²) in [7, 11) is 2.05. The van der Waals surface area contributed by atoms with E-state index in [1.54, 1.807) is 0 Å². The predicted octanol–water partition coefficient (Wildman–Crippen LogP) is 4.19. The van der Waals surface area contributed by atoms with Gasteiger partial charge in [-0.2, -0.15) is 0 Å². The number of rotatable bonds is 4. The van der Waals surface area contributed by atoms with E-state index in [4.69, 9.17) is 4.99 Å². The van der Waals surface area contributed by atoms with Crippen LogP contribution in [0.15, 0.2) is 41.2 Å². The molecule has 5 nitrogen and oxygen atoms in total. The third-order valence-corrected chi connectivity index (χ3v) is 6.48. The molecule has 152 valence electrons. The Bertz CT molecular complexity index is 711. The highest BCUT2D eigenvalue weighted by Crippen LogP contribution is 2.34. The standard InChI is InChI=1S/C23H35N5/c1-18-11-13-20(14-12-18)25-21-17-22(28-15-7-4-8-16-28)27-23(24-2,26-21)19-9-5-3-6-10-19/h11-14,17,19,24-26H,3-10,15-16H2,1-2H3. The quantitative estimate of drug-likeness (QED) is 0.732. The van der Waals surface area contributed by atoms with Crippen LogP contribution in [0.3, 0.4) is 0 Å². The zero-order chi connectivity index (χ0) is 19.4. The average Bonchev–Trinajstić information content (AvgIpc) is 2.76. The summed E-state index contributed by atoms with van der Waals surface area (Å²) in [6.45, 7) is 4.34. The first kappa shape index (κ1) is 19.3. The number of hydrogen-bond acceptors (Lipinski definition) is 5. The van der Waals surface area contributed by atoms with Crippen LogP contribution in [0, 0.1) is 12.8 Å². The van der Waals surface area contributed by atoms with Crippen LogP contribution in [0.4, 0.5) is 5.69 Å². The van der Waals surface area contributed by atoms with Crippen molar-refractivity contribution in [2.45, 2.75) is 64.1 Å². The van der Waals surface area contributed by atoms with Gasteiger partial charge in [-0.15, -0.1) is 0 Å². The fraction of sp³-hybridized carbons (Fsp3) is 0.609. The molecule has 2 aliphatic heterocycles. The summed E-state index contributed by atoms with van der Waals surface area (Å²) < 4.78 is 0. The molecule has 1 aliphatic carbocycles. The van der Waals surface area contributed by atoms with Crippen molar-refractivity contribution in [3.8, 4) is 0 Å². The first-order valence-electron chi connectivity index (χ1n) is 11.1. The van der Waals surface area contributed by atoms with Gasteiger partial charge in [-0.3, -0.25) is 5.32 Å². The van der Waals surface area contributed by atoms with E-state index >= 15 is 0 Å². The highest BCUT2D eigenvalue weighted by molar-refractivity contribution is 5.95. The third-order valence-electron chi connectivity index (χ3n) is 6.48. The fourth-order valence-corrected chi connectivity index (χ4v) is 4.79. The molecule has 3 N–H and O–H groups in total. The molecule has 0 bridgehead atoms. The SMILES string of the molecule is CNC1(C2CCCCC2)N=C(N2CCCCC2)C=C(Nc2ccc(C)cc2)N1. The third kappa shape index (κ3) is 4.19. The minimum Gasteiger partial charge on any atom is -0.357 e. The Hall–Kier alpha value is -2.01. The number of hydrogen-bond donors (Lipinski definition) is 3. The molecule has 4 rings (SSSR count). The summed E-state index contributed by atoms with van der Waals surface area (Å²) in [5.41, 5.74) is 2.39. The molecule has 1 aromatic rings. The maximum Gasteiger partial charge on any atom is 0.190 e. The van der Waals surface area contributed by atoms with Gasteiger partial charge in [0.25, 0.3) is 0 Å². The van der Waals surface area contributed by atoms with Crippen molar-refractivity contribution in [2.75, 3.05) is 25.5 Å². The summed E-state index contributed by atoms with van der Waals surface area (Å²) in [4.78, 5) is 7.76. The molecular weight excluding hydrogens is 346 g/mol. The Morgan fingerprint density at radius 3 is 2.36 bits per heavy atom. The molecule has 1 unspecified atom stereocenters. The van der Waals surface area contributed by atoms with Gasteiger partial charge < -0.3 is 15.5 Å². The van der Waals surface area contributed by atoms with Gasteiger partial charge >= 0.3 is 0 Å². The van der Waals surface area contributed by atoms with E-state index in [1.807, 2.05) is 7.05 Å². The van der Waals surface area contributed by atoms with Crippen molar-refractivity contribution >= 4 is 11.5 Å². The Morgan fingerprint density at radius 1 is 1.00 bits per heavy atom. The number of aliphatic imine (C=N–C) groups is 1. The van der Waals surface area contributed by atoms with Crippen LogP contribution in [-0.2, 0) is 0 Å². The summed E-state index contributed by atoms with van der Waals surface area (Å²) in [5, 5.41) is 10.9. The van der Waals surface area contributed by atoms with E-state index in [9.17, 15) is 0 Å². The number of likely N-dealkylation sites (tertiary alicyclic amines) is 1. The second kappa shape index (κ2) is 8.56. The largest absolute Gasteiger partial charge is 0.357 e. The van der Waals surface area contributed by atoms with Crippen LogP contribution in [0.5, 0.6) is 0 Å². The van der Waals surface area contributed by atoms with Gasteiger partial charge in [0.05, 0.1) is 0 Å². The molecule has 1 saturated carbocycles. The van der Waals surface area contributed by atoms with Crippen molar-refractivity contribution in [3.05, 3.63) is 41.7 Å². The first-order chi connectivity index (χ1) is 13.7. The summed E-state index contributed by atoms with van der Waals surface area (Å²) in [6, 6.07) is 8.59. The van der Waals surface area contributed by atoms with E-state index in [-0.39, 0.29) is 0 Å². The highest BCUT2D eigenvalue weighted by atomic mass is 15.4. The fourth-order valence-electron chi connectivity index (χ4n) is 4.79. The van der Waals surface area contributed by atoms with Crippen molar-refractivity contribution in [2.24, 2.45) is 10.9 Å². The lowest BCUT2D eigenvalue weighted by atomic mass is 9.83. The molecule has 0 aromatic heterocycles. The van der Waals surface area contributed by atoms with Crippen molar-refractivity contribution in [3.63, 3.8) is 0 Å². The number of anilines is 1. The van der Waals surface area contributed by atoms with Crippen LogP contribution in [0.2, 0.25) is 0 Å². The lowest BCUT2D eigenvalue weighted by Gasteiger charge is -2.44. The van der Waals surface area contributed by atoms with Crippen molar-refractivity contribution in [1.29, 1.82) is 0 Å². The highest BCUT2D eigenvalue weighted by Gasteiger charge is 2.41. The number of nitrogens with zero attached hydrogens (tertiary/aromatic N) is 2. The Balaban J connectivity index is 1.63. The second-order valence-corrected chi connectivity index (χ2v) is 8.54. The van der Waals surface area contributed by atoms with Crippen molar-refractivity contribution < 1.29 is 0 Å². The van der Waals surface area contributed by atoms with E-state index in [0.29, 0.717) is 5.92 Å². The lowest BCUT2D eigenvalue weighted by Crippen LogP contribution is -2.62. The van der Waals surface area contributed by atoms with E-state index in [0.717, 1.165) is 30.4 Å². The number of benzene rings is 1. The van der Waals surface area contributed by atoms with Crippen LogP contribution in [-0.4, -0.2) is 36.7 Å². The van der Waals surface area contributed by atoms with Gasteiger partial charge in [-0.25, -0.2) is 4.99 Å². The molecule has 0 radical (unpaired) electrons. The molecule has 1 saturated heterocycles. The molecule has 1 aromatic carbocycles. The molecule has 0 amide bonds. The Labute approximate surface area is 169 Å². The maximum absolute atomic E-state index is 5.29. The lowest BCUT2D eigenvalue weighted by molar-refractivity contribution is 0.146. The minimum atomic E-state index is -0.422. The molecule has 28 heavy (non-hydrogen) atoms. The Morgan fingerprint density at radius 2 is 1.68 bits per heavy atom. The molecule has 3 aliphatic rings. The van der Waals surface area contributed by atoms with Gasteiger partial charge in [0.15, 0.2) is 5.79 Å². The maximum atomic E-state index is 5.29. The topological polar surface area (TPSA) is 51.7 Å².